The van der Waals surface area contributed by atoms with Crippen LogP contribution in [0.15, 0.2) is 47.0 Å². The second kappa shape index (κ2) is 7.15. The number of aryl methyl sites for hydroxylation is 1. The molecule has 5 heteroatoms. The Balaban J connectivity index is 2.10. The largest absolute Gasteiger partial charge is 0.591 e. The van der Waals surface area contributed by atoms with Gasteiger partial charge in [-0.25, -0.2) is 4.98 Å². The van der Waals surface area contributed by atoms with Crippen LogP contribution in [-0.4, -0.2) is 20.0 Å². The molecule has 0 aliphatic heterocycles. The van der Waals surface area contributed by atoms with Gasteiger partial charge in [0.1, 0.15) is 21.9 Å². The van der Waals surface area contributed by atoms with E-state index in [0.29, 0.717) is 11.6 Å². The van der Waals surface area contributed by atoms with Crippen molar-refractivity contribution >= 4 is 17.1 Å². The van der Waals surface area contributed by atoms with Crippen molar-refractivity contribution in [2.75, 3.05) is 0 Å². The van der Waals surface area contributed by atoms with E-state index in [2.05, 4.69) is 9.38 Å². The van der Waals surface area contributed by atoms with Crippen molar-refractivity contribution in [3.05, 3.63) is 53.7 Å². The second-order valence-electron chi connectivity index (χ2n) is 6.34. The Hall–Kier alpha value is -1.85. The summed E-state index contributed by atoms with van der Waals surface area (Å²) < 4.78 is 21.6. The van der Waals surface area contributed by atoms with Gasteiger partial charge in [-0.05, 0) is 52.8 Å². The Morgan fingerprint density at radius 3 is 2.30 bits per heavy atom. The van der Waals surface area contributed by atoms with Gasteiger partial charge in [-0.15, -0.1) is 0 Å². The van der Waals surface area contributed by atoms with E-state index in [1.807, 2.05) is 65.0 Å². The normalized spacial score (nSPS) is 13.7. The number of pyridine rings is 1. The first kappa shape index (κ1) is 17.5. The maximum atomic E-state index is 12.1. The van der Waals surface area contributed by atoms with Crippen molar-refractivity contribution in [2.24, 2.45) is 4.40 Å². The molecule has 2 aromatic rings. The van der Waals surface area contributed by atoms with Gasteiger partial charge in [0.15, 0.2) is 0 Å². The monoisotopic (exact) mass is 330 g/mol. The van der Waals surface area contributed by atoms with E-state index in [9.17, 15) is 4.55 Å². The first-order valence-electron chi connectivity index (χ1n) is 7.44. The third-order valence-electron chi connectivity index (χ3n) is 3.14. The average Bonchev–Trinajstić information content (AvgIpc) is 2.49. The van der Waals surface area contributed by atoms with Crippen molar-refractivity contribution < 1.29 is 9.29 Å². The number of rotatable bonds is 4. The smallest absolute Gasteiger partial charge is 0.219 e. The Morgan fingerprint density at radius 2 is 1.78 bits per heavy atom. The number of benzene rings is 1. The summed E-state index contributed by atoms with van der Waals surface area (Å²) in [4.78, 5) is 4.28. The van der Waals surface area contributed by atoms with Crippen molar-refractivity contribution in [1.29, 1.82) is 0 Å². The lowest BCUT2D eigenvalue weighted by Crippen LogP contribution is -2.26. The Bertz CT molecular complexity index is 674. The summed E-state index contributed by atoms with van der Waals surface area (Å²) in [6, 6.07) is 11.4. The fraction of sp³-hybridized carbons (Fsp3) is 0.333. The van der Waals surface area contributed by atoms with Crippen LogP contribution in [0.1, 0.15) is 38.8 Å². The van der Waals surface area contributed by atoms with Crippen LogP contribution < -0.4 is 4.74 Å². The van der Waals surface area contributed by atoms with E-state index in [1.165, 1.54) is 5.56 Å². The zero-order chi connectivity index (χ0) is 17.0. The van der Waals surface area contributed by atoms with Gasteiger partial charge in [0.25, 0.3) is 0 Å². The Kier molecular flexibility index (Phi) is 5.44. The molecular weight excluding hydrogens is 308 g/mol. The van der Waals surface area contributed by atoms with Gasteiger partial charge >= 0.3 is 0 Å². The van der Waals surface area contributed by atoms with E-state index in [4.69, 9.17) is 4.74 Å². The fourth-order valence-electron chi connectivity index (χ4n) is 1.70. The molecule has 0 aliphatic carbocycles. The zero-order valence-electron chi connectivity index (χ0n) is 14.2. The molecule has 0 N–H and O–H groups in total. The number of aromatic nitrogens is 1. The molecule has 0 amide bonds. The molecule has 0 aliphatic rings. The first-order valence-corrected chi connectivity index (χ1v) is 8.54. The molecule has 1 heterocycles. The van der Waals surface area contributed by atoms with Crippen LogP contribution in [0.2, 0.25) is 0 Å². The molecule has 0 saturated heterocycles. The van der Waals surface area contributed by atoms with E-state index in [0.717, 1.165) is 11.3 Å². The number of nitrogens with zero attached hydrogens (tertiary/aromatic N) is 2. The third kappa shape index (κ3) is 5.08. The Morgan fingerprint density at radius 1 is 1.13 bits per heavy atom. The van der Waals surface area contributed by atoms with Crippen LogP contribution in [0.3, 0.4) is 0 Å². The average molecular weight is 330 g/mol. The standard InChI is InChI=1S/C18H22N2O2S/c1-13-6-9-16(10-7-13)22-17-11-8-15(12-19-17)14(2)20-23(21)18(3,4)5/h6-12H,1-5H3/b20-14+/t23-/m1/s1. The van der Waals surface area contributed by atoms with Gasteiger partial charge in [-0.1, -0.05) is 22.1 Å². The minimum atomic E-state index is -1.28. The highest BCUT2D eigenvalue weighted by Crippen LogP contribution is 2.21. The molecule has 2 rings (SSSR count). The lowest BCUT2D eigenvalue weighted by Gasteiger charge is -2.18. The topological polar surface area (TPSA) is 57.5 Å². The Labute approximate surface area is 141 Å². The zero-order valence-corrected chi connectivity index (χ0v) is 15.0. The third-order valence-corrected chi connectivity index (χ3v) is 4.63. The molecule has 0 radical (unpaired) electrons. The highest BCUT2D eigenvalue weighted by atomic mass is 32.2. The summed E-state index contributed by atoms with van der Waals surface area (Å²) in [7, 11) is 0. The predicted molar refractivity (Wildman–Crippen MR) is 95.6 cm³/mol. The summed E-state index contributed by atoms with van der Waals surface area (Å²) in [6.07, 6.45) is 1.68. The molecule has 1 aromatic carbocycles. The summed E-state index contributed by atoms with van der Waals surface area (Å²) in [6.45, 7) is 9.56. The molecule has 4 nitrogen and oxygen atoms in total. The van der Waals surface area contributed by atoms with Crippen LogP contribution in [0.4, 0.5) is 0 Å². The number of hydrogen-bond donors (Lipinski definition) is 0. The first-order chi connectivity index (χ1) is 10.8. The molecule has 0 unspecified atom stereocenters. The summed E-state index contributed by atoms with van der Waals surface area (Å²) in [5.74, 6) is 1.26. The minimum absolute atomic E-state index is 0.372. The molecule has 0 spiro atoms. The van der Waals surface area contributed by atoms with Gasteiger partial charge in [-0.3, -0.25) is 0 Å². The van der Waals surface area contributed by atoms with Gasteiger partial charge in [0, 0.05) is 17.8 Å². The summed E-state index contributed by atoms with van der Waals surface area (Å²) in [5.41, 5.74) is 2.71. The molecule has 1 aromatic heterocycles. The molecule has 122 valence electrons. The predicted octanol–water partition coefficient (Wildman–Crippen LogP) is 4.45. The van der Waals surface area contributed by atoms with Crippen molar-refractivity contribution in [3.8, 4) is 11.6 Å². The van der Waals surface area contributed by atoms with Gasteiger partial charge in [0.2, 0.25) is 5.88 Å². The van der Waals surface area contributed by atoms with Crippen LogP contribution >= 0.6 is 0 Å². The number of ether oxygens (including phenoxy) is 1. The maximum Gasteiger partial charge on any atom is 0.219 e. The van der Waals surface area contributed by atoms with Crippen molar-refractivity contribution in [3.63, 3.8) is 0 Å². The number of hydrogen-bond acceptors (Lipinski definition) is 4. The van der Waals surface area contributed by atoms with Gasteiger partial charge in [0.05, 0.1) is 5.71 Å². The second-order valence-corrected chi connectivity index (χ2v) is 8.24. The summed E-state index contributed by atoms with van der Waals surface area (Å²) >= 11 is -1.28. The molecule has 0 bridgehead atoms. The van der Waals surface area contributed by atoms with E-state index >= 15 is 0 Å². The van der Waals surface area contributed by atoms with Gasteiger partial charge in [-0.2, -0.15) is 0 Å². The molecule has 1 atom stereocenters. The molecular formula is C18H22N2O2S. The van der Waals surface area contributed by atoms with Crippen LogP contribution in [0.5, 0.6) is 11.6 Å². The molecule has 0 saturated carbocycles. The quantitative estimate of drug-likeness (QED) is 0.614. The fourth-order valence-corrected chi connectivity index (χ4v) is 2.32. The highest BCUT2D eigenvalue weighted by Gasteiger charge is 2.26. The van der Waals surface area contributed by atoms with Crippen LogP contribution in [0.25, 0.3) is 0 Å². The van der Waals surface area contributed by atoms with Crippen molar-refractivity contribution in [1.82, 2.24) is 4.98 Å². The van der Waals surface area contributed by atoms with Crippen LogP contribution in [-0.2, 0) is 11.4 Å². The van der Waals surface area contributed by atoms with Crippen molar-refractivity contribution in [2.45, 2.75) is 39.4 Å². The van der Waals surface area contributed by atoms with E-state index in [1.54, 1.807) is 12.3 Å². The van der Waals surface area contributed by atoms with E-state index < -0.39 is 11.4 Å². The van der Waals surface area contributed by atoms with Gasteiger partial charge < -0.3 is 9.29 Å². The highest BCUT2D eigenvalue weighted by molar-refractivity contribution is 7.91. The molecule has 0 fully saturated rings. The minimum Gasteiger partial charge on any atom is -0.591 e. The maximum absolute atomic E-state index is 12.1. The van der Waals surface area contributed by atoms with Crippen LogP contribution in [0, 0.1) is 6.92 Å². The SMILES string of the molecule is C/C(=N\[S@+]([O-])C(C)(C)C)c1ccc(Oc2ccc(C)cc2)nc1. The molecule has 23 heavy (non-hydrogen) atoms. The van der Waals surface area contributed by atoms with E-state index in [-0.39, 0.29) is 4.75 Å². The lowest BCUT2D eigenvalue weighted by molar-refractivity contribution is 0.463. The summed E-state index contributed by atoms with van der Waals surface area (Å²) in [5, 5.41) is 0. The lowest BCUT2D eigenvalue weighted by atomic mass is 10.2.